The predicted molar refractivity (Wildman–Crippen MR) is 77.4 cm³/mol. The van der Waals surface area contributed by atoms with E-state index in [4.69, 9.17) is 4.74 Å². The molecule has 1 amide bonds. The van der Waals surface area contributed by atoms with Crippen molar-refractivity contribution in [1.82, 2.24) is 10.2 Å². The lowest BCUT2D eigenvalue weighted by Gasteiger charge is -2.19. The zero-order valence-corrected chi connectivity index (χ0v) is 12.3. The first-order valence-corrected chi connectivity index (χ1v) is 6.69. The van der Waals surface area contributed by atoms with Crippen LogP contribution >= 0.6 is 0 Å². The van der Waals surface area contributed by atoms with Crippen molar-refractivity contribution in [2.24, 2.45) is 0 Å². The van der Waals surface area contributed by atoms with E-state index in [0.717, 1.165) is 17.9 Å². The van der Waals surface area contributed by atoms with Crippen molar-refractivity contribution >= 4 is 5.91 Å². The summed E-state index contributed by atoms with van der Waals surface area (Å²) in [5.74, 6) is 0.727. The number of nitrogens with one attached hydrogen (secondary N) is 1. The van der Waals surface area contributed by atoms with Crippen LogP contribution in [0.3, 0.4) is 0 Å². The van der Waals surface area contributed by atoms with Crippen LogP contribution in [0.2, 0.25) is 0 Å². The zero-order chi connectivity index (χ0) is 14.3. The van der Waals surface area contributed by atoms with Gasteiger partial charge in [0.25, 0.3) is 5.91 Å². The Morgan fingerprint density at radius 2 is 2.05 bits per heavy atom. The number of aryl methyl sites for hydroxylation is 1. The van der Waals surface area contributed by atoms with Crippen LogP contribution < -0.4 is 10.1 Å². The lowest BCUT2D eigenvalue weighted by atomic mass is 10.2. The molecule has 106 valence electrons. The third-order valence-corrected chi connectivity index (χ3v) is 2.88. The van der Waals surface area contributed by atoms with Crippen molar-refractivity contribution in [3.8, 4) is 5.75 Å². The largest absolute Gasteiger partial charge is 0.480 e. The van der Waals surface area contributed by atoms with Gasteiger partial charge in [0.2, 0.25) is 0 Å². The van der Waals surface area contributed by atoms with E-state index in [1.165, 1.54) is 0 Å². The summed E-state index contributed by atoms with van der Waals surface area (Å²) in [7, 11) is 3.96. The molecule has 0 aliphatic heterocycles. The van der Waals surface area contributed by atoms with Gasteiger partial charge in [-0.3, -0.25) is 4.79 Å². The van der Waals surface area contributed by atoms with Gasteiger partial charge in [0, 0.05) is 13.1 Å². The Hall–Kier alpha value is -1.55. The number of benzene rings is 1. The van der Waals surface area contributed by atoms with E-state index < -0.39 is 6.10 Å². The lowest BCUT2D eigenvalue weighted by molar-refractivity contribution is -0.128. The van der Waals surface area contributed by atoms with Gasteiger partial charge in [-0.2, -0.15) is 0 Å². The van der Waals surface area contributed by atoms with Crippen LogP contribution in [0.25, 0.3) is 0 Å². The normalized spacial score (nSPS) is 12.3. The summed E-state index contributed by atoms with van der Waals surface area (Å²) in [5.41, 5.74) is 1.04. The highest BCUT2D eigenvalue weighted by Gasteiger charge is 2.18. The summed E-state index contributed by atoms with van der Waals surface area (Å²) in [5, 5.41) is 2.90. The molecule has 0 saturated carbocycles. The summed E-state index contributed by atoms with van der Waals surface area (Å²) in [6.07, 6.45) is 0.227. The smallest absolute Gasteiger partial charge is 0.261 e. The summed E-state index contributed by atoms with van der Waals surface area (Å²) < 4.78 is 5.79. The van der Waals surface area contributed by atoms with Crippen molar-refractivity contribution in [3.05, 3.63) is 29.8 Å². The molecule has 4 nitrogen and oxygen atoms in total. The van der Waals surface area contributed by atoms with Gasteiger partial charge in [0.05, 0.1) is 0 Å². The van der Waals surface area contributed by atoms with Crippen LogP contribution in [0.15, 0.2) is 24.3 Å². The molecule has 1 aromatic rings. The fourth-order valence-electron chi connectivity index (χ4n) is 1.68. The highest BCUT2D eigenvalue weighted by molar-refractivity contribution is 5.81. The maximum atomic E-state index is 12.0. The van der Waals surface area contributed by atoms with Crippen LogP contribution in [0, 0.1) is 6.92 Å². The van der Waals surface area contributed by atoms with E-state index in [1.54, 1.807) is 0 Å². The second-order valence-electron chi connectivity index (χ2n) is 4.87. The Balaban J connectivity index is 2.53. The number of amides is 1. The number of hydrogen-bond acceptors (Lipinski definition) is 3. The van der Waals surface area contributed by atoms with Crippen molar-refractivity contribution < 1.29 is 9.53 Å². The minimum absolute atomic E-state index is 0.0485. The Bertz CT molecular complexity index is 405. The van der Waals surface area contributed by atoms with Gasteiger partial charge in [0.15, 0.2) is 6.10 Å². The van der Waals surface area contributed by atoms with Gasteiger partial charge >= 0.3 is 0 Å². The van der Waals surface area contributed by atoms with E-state index in [9.17, 15) is 4.79 Å². The quantitative estimate of drug-likeness (QED) is 0.817. The van der Waals surface area contributed by atoms with Crippen LogP contribution in [0.5, 0.6) is 5.75 Å². The van der Waals surface area contributed by atoms with E-state index in [0.29, 0.717) is 13.0 Å². The third-order valence-electron chi connectivity index (χ3n) is 2.88. The van der Waals surface area contributed by atoms with E-state index >= 15 is 0 Å². The minimum atomic E-state index is -0.428. The molecule has 0 saturated heterocycles. The molecule has 19 heavy (non-hydrogen) atoms. The number of rotatable bonds is 7. The molecule has 0 bridgehead atoms. The standard InChI is InChI=1S/C15H24N2O2/c1-5-13(15(18)16-10-11-17(3)4)19-14-9-7-6-8-12(14)2/h6-9,13H,5,10-11H2,1-4H3,(H,16,18)/t13-/m0/s1. The molecule has 1 N–H and O–H groups in total. The number of para-hydroxylation sites is 1. The molecule has 0 heterocycles. The minimum Gasteiger partial charge on any atom is -0.480 e. The molecule has 0 fully saturated rings. The molecule has 0 aliphatic rings. The molecular weight excluding hydrogens is 240 g/mol. The second kappa shape index (κ2) is 7.79. The summed E-state index contributed by atoms with van der Waals surface area (Å²) in [6.45, 7) is 5.40. The van der Waals surface area contributed by atoms with Gasteiger partial charge in [-0.1, -0.05) is 25.1 Å². The van der Waals surface area contributed by atoms with E-state index in [-0.39, 0.29) is 5.91 Å². The van der Waals surface area contributed by atoms with Crippen molar-refractivity contribution in [2.45, 2.75) is 26.4 Å². The average molecular weight is 264 g/mol. The maximum absolute atomic E-state index is 12.0. The fourth-order valence-corrected chi connectivity index (χ4v) is 1.68. The van der Waals surface area contributed by atoms with Gasteiger partial charge in [0.1, 0.15) is 5.75 Å². The number of likely N-dealkylation sites (N-methyl/N-ethyl adjacent to an activating group) is 1. The van der Waals surface area contributed by atoms with Gasteiger partial charge in [-0.15, -0.1) is 0 Å². The number of nitrogens with zero attached hydrogens (tertiary/aromatic N) is 1. The fraction of sp³-hybridized carbons (Fsp3) is 0.533. The monoisotopic (exact) mass is 264 g/mol. The first-order chi connectivity index (χ1) is 9.04. The van der Waals surface area contributed by atoms with Crippen LogP contribution in [0.4, 0.5) is 0 Å². The van der Waals surface area contributed by atoms with Crippen molar-refractivity contribution in [2.75, 3.05) is 27.2 Å². The van der Waals surface area contributed by atoms with Crippen LogP contribution in [-0.4, -0.2) is 44.1 Å². The molecular formula is C15H24N2O2. The number of ether oxygens (including phenoxy) is 1. The zero-order valence-electron chi connectivity index (χ0n) is 12.3. The molecule has 4 heteroatoms. The third kappa shape index (κ3) is 5.30. The summed E-state index contributed by atoms with van der Waals surface area (Å²) in [6, 6.07) is 7.75. The predicted octanol–water partition coefficient (Wildman–Crippen LogP) is 1.83. The molecule has 1 rings (SSSR count). The maximum Gasteiger partial charge on any atom is 0.261 e. The highest BCUT2D eigenvalue weighted by atomic mass is 16.5. The Kier molecular flexibility index (Phi) is 6.36. The Labute approximate surface area is 115 Å². The Morgan fingerprint density at radius 3 is 2.63 bits per heavy atom. The number of carbonyl (C=O) groups is 1. The van der Waals surface area contributed by atoms with Crippen molar-refractivity contribution in [1.29, 1.82) is 0 Å². The molecule has 0 aromatic heterocycles. The molecule has 1 aromatic carbocycles. The summed E-state index contributed by atoms with van der Waals surface area (Å²) >= 11 is 0. The topological polar surface area (TPSA) is 41.6 Å². The number of hydrogen-bond donors (Lipinski definition) is 1. The number of carbonyl (C=O) groups excluding carboxylic acids is 1. The molecule has 0 aliphatic carbocycles. The van der Waals surface area contributed by atoms with E-state index in [2.05, 4.69) is 5.32 Å². The molecule has 0 unspecified atom stereocenters. The first-order valence-electron chi connectivity index (χ1n) is 6.69. The molecule has 0 radical (unpaired) electrons. The van der Waals surface area contributed by atoms with Gasteiger partial charge in [-0.05, 0) is 39.1 Å². The first kappa shape index (κ1) is 15.5. The van der Waals surface area contributed by atoms with Crippen LogP contribution in [-0.2, 0) is 4.79 Å². The molecule has 0 spiro atoms. The highest BCUT2D eigenvalue weighted by Crippen LogP contribution is 2.18. The second-order valence-corrected chi connectivity index (χ2v) is 4.87. The molecule has 1 atom stereocenters. The average Bonchev–Trinajstić information content (AvgIpc) is 2.37. The lowest BCUT2D eigenvalue weighted by Crippen LogP contribution is -2.40. The Morgan fingerprint density at radius 1 is 1.37 bits per heavy atom. The summed E-state index contributed by atoms with van der Waals surface area (Å²) in [4.78, 5) is 14.0. The van der Waals surface area contributed by atoms with Gasteiger partial charge < -0.3 is 15.0 Å². The SMILES string of the molecule is CC[C@H](Oc1ccccc1C)C(=O)NCCN(C)C. The van der Waals surface area contributed by atoms with Crippen molar-refractivity contribution in [3.63, 3.8) is 0 Å². The van der Waals surface area contributed by atoms with Crippen LogP contribution in [0.1, 0.15) is 18.9 Å². The van der Waals surface area contributed by atoms with E-state index in [1.807, 2.05) is 57.1 Å². The van der Waals surface area contributed by atoms with Gasteiger partial charge in [-0.25, -0.2) is 0 Å².